The average Bonchev–Trinajstić information content (AvgIpc) is 2.60. The van der Waals surface area contributed by atoms with Crippen molar-refractivity contribution in [3.63, 3.8) is 0 Å². The van der Waals surface area contributed by atoms with Crippen LogP contribution in [0.25, 0.3) is 0 Å². The summed E-state index contributed by atoms with van der Waals surface area (Å²) in [5, 5.41) is 6.51. The third-order valence-corrected chi connectivity index (χ3v) is 6.06. The first-order valence-corrected chi connectivity index (χ1v) is 10.2. The molecule has 0 radical (unpaired) electrons. The molecule has 26 heavy (non-hydrogen) atoms. The molecule has 0 aromatic heterocycles. The summed E-state index contributed by atoms with van der Waals surface area (Å²) < 4.78 is 26.4. The third kappa shape index (κ3) is 6.08. The molecule has 0 unspecified atom stereocenters. The second kappa shape index (κ2) is 10.2. The average molecular weight is 386 g/mol. The molecule has 0 bridgehead atoms. The van der Waals surface area contributed by atoms with E-state index < -0.39 is 16.1 Å². The second-order valence-electron chi connectivity index (χ2n) is 5.79. The number of amides is 3. The Morgan fingerprint density at radius 1 is 1.12 bits per heavy atom. The Morgan fingerprint density at radius 2 is 1.69 bits per heavy atom. The van der Waals surface area contributed by atoms with E-state index in [4.69, 9.17) is 0 Å². The number of hydrogen-bond acceptors (Lipinski definition) is 4. The van der Waals surface area contributed by atoms with Gasteiger partial charge in [0.25, 0.3) is 5.91 Å². The number of sulfonamides is 1. The number of rotatable bonds is 9. The molecule has 0 aliphatic heterocycles. The van der Waals surface area contributed by atoms with Gasteiger partial charge in [0.05, 0.1) is 4.90 Å². The lowest BCUT2D eigenvalue weighted by atomic mass is 10.1. The number of hydrogen-bond donors (Lipinski definition) is 3. The summed E-state index contributed by atoms with van der Waals surface area (Å²) in [5.74, 6) is -0.386. The predicted octanol–water partition coefficient (Wildman–Crippen LogP) is 0.187. The molecule has 1 rings (SSSR count). The lowest BCUT2D eigenvalue weighted by Crippen LogP contribution is -2.87. The zero-order chi connectivity index (χ0) is 19.7. The van der Waals surface area contributed by atoms with Crippen LogP contribution in [0.15, 0.2) is 29.2 Å². The molecule has 8 nitrogen and oxygen atoms in total. The molecule has 0 heterocycles. The van der Waals surface area contributed by atoms with Crippen molar-refractivity contribution in [3.8, 4) is 0 Å². The van der Waals surface area contributed by atoms with Crippen LogP contribution in [0.5, 0.6) is 0 Å². The molecule has 4 N–H and O–H groups in total. The monoisotopic (exact) mass is 385 g/mol. The van der Waals surface area contributed by atoms with Crippen LogP contribution >= 0.6 is 0 Å². The number of benzene rings is 1. The minimum Gasteiger partial charge on any atom is -0.338 e. The van der Waals surface area contributed by atoms with E-state index in [1.54, 1.807) is 50.4 Å². The van der Waals surface area contributed by atoms with E-state index in [1.807, 2.05) is 6.92 Å². The zero-order valence-corrected chi connectivity index (χ0v) is 16.6. The Labute approximate surface area is 155 Å². The number of quaternary nitrogens is 1. The third-order valence-electron chi connectivity index (χ3n) is 4.00. The van der Waals surface area contributed by atoms with Gasteiger partial charge in [-0.2, -0.15) is 4.31 Å². The van der Waals surface area contributed by atoms with Gasteiger partial charge in [-0.05, 0) is 26.0 Å². The van der Waals surface area contributed by atoms with Crippen LogP contribution in [0.3, 0.4) is 0 Å². The fraction of sp³-hybridized carbons (Fsp3) is 0.529. The molecule has 9 heteroatoms. The van der Waals surface area contributed by atoms with Crippen LogP contribution < -0.4 is 16.0 Å². The molecule has 1 aromatic carbocycles. The van der Waals surface area contributed by atoms with Gasteiger partial charge < -0.3 is 10.6 Å². The topological polar surface area (TPSA) is 112 Å². The van der Waals surface area contributed by atoms with Crippen LogP contribution in [0.2, 0.25) is 0 Å². The molecule has 0 spiro atoms. The van der Waals surface area contributed by atoms with Gasteiger partial charge in [-0.15, -0.1) is 0 Å². The quantitative estimate of drug-likeness (QED) is 0.563. The van der Waals surface area contributed by atoms with Gasteiger partial charge in [-0.1, -0.05) is 26.0 Å². The van der Waals surface area contributed by atoms with E-state index in [9.17, 15) is 18.0 Å². The highest BCUT2D eigenvalue weighted by molar-refractivity contribution is 7.89. The highest BCUT2D eigenvalue weighted by Crippen LogP contribution is 2.18. The molecule has 0 aliphatic carbocycles. The van der Waals surface area contributed by atoms with Gasteiger partial charge in [0, 0.05) is 25.2 Å². The first kappa shape index (κ1) is 22.1. The van der Waals surface area contributed by atoms with Crippen molar-refractivity contribution in [1.82, 2.24) is 14.9 Å². The van der Waals surface area contributed by atoms with Crippen molar-refractivity contribution >= 4 is 22.0 Å². The largest absolute Gasteiger partial charge is 0.338 e. The Kier molecular flexibility index (Phi) is 8.70. The number of nitrogens with two attached hydrogens (primary N) is 1. The van der Waals surface area contributed by atoms with E-state index in [0.29, 0.717) is 19.6 Å². The summed E-state index contributed by atoms with van der Waals surface area (Å²) in [7, 11) is -3.47. The summed E-state index contributed by atoms with van der Waals surface area (Å²) >= 11 is 0. The Balaban J connectivity index is 2.68. The standard InChI is InChI=1S/C17H28N4O4S/c1-5-18-17(23)20-16(22)12-19-13(4)14-8-10-15(11-9-14)26(24,25)21(6-2)7-3/h8-11,13,19H,5-7,12H2,1-4H3,(H2,18,20,22,23)/p+1/t13-/m1/s1. The van der Waals surface area contributed by atoms with Gasteiger partial charge in [0.15, 0.2) is 6.54 Å². The summed E-state index contributed by atoms with van der Waals surface area (Å²) in [6, 6.07) is 6.10. The Morgan fingerprint density at radius 3 is 2.19 bits per heavy atom. The lowest BCUT2D eigenvalue weighted by Gasteiger charge is -2.19. The maximum absolute atomic E-state index is 12.5. The number of nitrogens with one attached hydrogen (secondary N) is 2. The summed E-state index contributed by atoms with van der Waals surface area (Å²) in [6.07, 6.45) is 0. The molecule has 146 valence electrons. The lowest BCUT2D eigenvalue weighted by molar-refractivity contribution is -0.682. The van der Waals surface area contributed by atoms with Gasteiger partial charge in [-0.25, -0.2) is 13.2 Å². The molecule has 0 aliphatic rings. The van der Waals surface area contributed by atoms with Crippen LogP contribution in [0.4, 0.5) is 4.79 Å². The zero-order valence-electron chi connectivity index (χ0n) is 15.8. The van der Waals surface area contributed by atoms with E-state index in [0.717, 1.165) is 5.56 Å². The van der Waals surface area contributed by atoms with Gasteiger partial charge >= 0.3 is 6.03 Å². The van der Waals surface area contributed by atoms with Crippen molar-refractivity contribution in [2.45, 2.75) is 38.6 Å². The van der Waals surface area contributed by atoms with E-state index in [-0.39, 0.29) is 23.4 Å². The summed E-state index contributed by atoms with van der Waals surface area (Å²) in [6.45, 7) is 8.67. The molecule has 1 aromatic rings. The van der Waals surface area contributed by atoms with E-state index in [1.165, 1.54) is 4.31 Å². The summed E-state index contributed by atoms with van der Waals surface area (Å²) in [4.78, 5) is 23.2. The predicted molar refractivity (Wildman–Crippen MR) is 99.0 cm³/mol. The Hall–Kier alpha value is -1.97. The van der Waals surface area contributed by atoms with Gasteiger partial charge in [-0.3, -0.25) is 10.1 Å². The molecular weight excluding hydrogens is 356 g/mol. The first-order valence-electron chi connectivity index (χ1n) is 8.77. The number of nitrogens with zero attached hydrogens (tertiary/aromatic N) is 1. The van der Waals surface area contributed by atoms with Gasteiger partial charge in [0.1, 0.15) is 6.04 Å². The van der Waals surface area contributed by atoms with Crippen molar-refractivity contribution in [2.24, 2.45) is 0 Å². The van der Waals surface area contributed by atoms with E-state index in [2.05, 4.69) is 10.6 Å². The maximum atomic E-state index is 12.5. The molecule has 3 amide bonds. The SMILES string of the molecule is CCNC(=O)NC(=O)C[NH2+][C@H](C)c1ccc(S(=O)(=O)N(CC)CC)cc1. The number of carbonyl (C=O) groups excluding carboxylic acids is 2. The number of imide groups is 1. The second-order valence-corrected chi connectivity index (χ2v) is 7.73. The molecule has 0 saturated heterocycles. The normalized spacial score (nSPS) is 12.7. The van der Waals surface area contributed by atoms with Gasteiger partial charge in [0.2, 0.25) is 10.0 Å². The minimum absolute atomic E-state index is 0.0554. The van der Waals surface area contributed by atoms with E-state index >= 15 is 0 Å². The molecule has 0 fully saturated rings. The molecular formula is C17H29N4O4S+. The first-order chi connectivity index (χ1) is 12.3. The fourth-order valence-electron chi connectivity index (χ4n) is 2.46. The number of carbonyl (C=O) groups is 2. The van der Waals surface area contributed by atoms with Crippen LogP contribution in [-0.2, 0) is 14.8 Å². The minimum atomic E-state index is -3.47. The highest BCUT2D eigenvalue weighted by Gasteiger charge is 2.22. The highest BCUT2D eigenvalue weighted by atomic mass is 32.2. The summed E-state index contributed by atoms with van der Waals surface area (Å²) in [5.41, 5.74) is 0.898. The van der Waals surface area contributed by atoms with Crippen LogP contribution in [0.1, 0.15) is 39.3 Å². The van der Waals surface area contributed by atoms with Crippen molar-refractivity contribution in [2.75, 3.05) is 26.2 Å². The smallest absolute Gasteiger partial charge is 0.321 e. The van der Waals surface area contributed by atoms with Crippen molar-refractivity contribution in [3.05, 3.63) is 29.8 Å². The fourth-order valence-corrected chi connectivity index (χ4v) is 3.92. The van der Waals surface area contributed by atoms with Crippen LogP contribution in [0, 0.1) is 0 Å². The maximum Gasteiger partial charge on any atom is 0.321 e. The van der Waals surface area contributed by atoms with Crippen LogP contribution in [-0.4, -0.2) is 50.8 Å². The number of urea groups is 1. The molecule has 0 saturated carbocycles. The molecule has 1 atom stereocenters. The van der Waals surface area contributed by atoms with Crippen molar-refractivity contribution < 1.29 is 23.3 Å². The Bertz CT molecular complexity index is 700. The van der Waals surface area contributed by atoms with Crippen molar-refractivity contribution in [1.29, 1.82) is 0 Å².